The van der Waals surface area contributed by atoms with E-state index in [1.54, 1.807) is 6.92 Å². The van der Waals surface area contributed by atoms with Crippen molar-refractivity contribution in [3.05, 3.63) is 0 Å². The maximum Gasteiger partial charge on any atom is 0.314 e. The normalized spacial score (nSPS) is 27.7. The summed E-state index contributed by atoms with van der Waals surface area (Å²) in [6.45, 7) is 1.77. The first kappa shape index (κ1) is 9.50. The van der Waals surface area contributed by atoms with E-state index in [0.717, 1.165) is 0 Å². The molecule has 0 saturated carbocycles. The molecule has 0 aromatic rings. The van der Waals surface area contributed by atoms with Gasteiger partial charge >= 0.3 is 6.02 Å². The minimum atomic E-state index is -0.746. The van der Waals surface area contributed by atoms with Crippen molar-refractivity contribution in [2.45, 2.75) is 12.5 Å². The average molecular weight is 207 g/mol. The number of ether oxygens (including phenoxy) is 1. The second-order valence-electron chi connectivity index (χ2n) is 3.24. The van der Waals surface area contributed by atoms with Crippen LogP contribution in [0.5, 0.6) is 0 Å². The zero-order chi connectivity index (χ0) is 11.1. The first-order valence-electron chi connectivity index (χ1n) is 4.22. The van der Waals surface area contributed by atoms with Crippen LogP contribution in [0.25, 0.3) is 0 Å². The van der Waals surface area contributed by atoms with Crippen molar-refractivity contribution in [3.8, 4) is 0 Å². The van der Waals surface area contributed by atoms with Gasteiger partial charge in [0, 0.05) is 6.21 Å². The molecule has 1 unspecified atom stereocenters. The van der Waals surface area contributed by atoms with Crippen LogP contribution in [0.3, 0.4) is 0 Å². The average Bonchev–Trinajstić information content (AvgIpc) is 2.53. The molecule has 2 aliphatic rings. The Morgan fingerprint density at radius 1 is 1.53 bits per heavy atom. The summed E-state index contributed by atoms with van der Waals surface area (Å²) in [6.07, 6.45) is 1.48. The number of hydrogen-bond acceptors (Lipinski definition) is 6. The Labute approximate surface area is 85.5 Å². The highest BCUT2D eigenvalue weighted by Gasteiger charge is 2.38. The number of hydrogen-bond donors (Lipinski definition) is 1. The van der Waals surface area contributed by atoms with Crippen LogP contribution in [0.4, 0.5) is 0 Å². The maximum absolute atomic E-state index is 10.9. The van der Waals surface area contributed by atoms with E-state index in [0.29, 0.717) is 5.84 Å². The third-order valence-corrected chi connectivity index (χ3v) is 2.04. The standard InChI is InChI=1S/C8H9N5O2/c1-8-3-10-5(4(9)14)11-6(8)12-7(13-8)15-2/h3H,1-2H3,(H2,9,14). The summed E-state index contributed by atoms with van der Waals surface area (Å²) in [5.74, 6) is -0.399. The molecule has 78 valence electrons. The van der Waals surface area contributed by atoms with Crippen molar-refractivity contribution in [1.29, 1.82) is 0 Å². The lowest BCUT2D eigenvalue weighted by molar-refractivity contribution is -0.112. The molecule has 2 heterocycles. The fourth-order valence-electron chi connectivity index (χ4n) is 1.23. The third-order valence-electron chi connectivity index (χ3n) is 2.04. The molecule has 7 nitrogen and oxygen atoms in total. The Morgan fingerprint density at radius 2 is 2.27 bits per heavy atom. The monoisotopic (exact) mass is 207 g/mol. The smallest absolute Gasteiger partial charge is 0.314 e. The van der Waals surface area contributed by atoms with Gasteiger partial charge in [-0.2, -0.15) is 4.99 Å². The van der Waals surface area contributed by atoms with Crippen molar-refractivity contribution in [1.82, 2.24) is 0 Å². The number of nitrogens with two attached hydrogens (primary N) is 1. The second-order valence-corrected chi connectivity index (χ2v) is 3.24. The largest absolute Gasteiger partial charge is 0.467 e. The Morgan fingerprint density at radius 3 is 2.87 bits per heavy atom. The summed E-state index contributed by atoms with van der Waals surface area (Å²) in [5.41, 5.74) is 4.31. The molecule has 0 aromatic heterocycles. The number of carbonyl (C=O) groups is 1. The van der Waals surface area contributed by atoms with E-state index in [1.807, 2.05) is 0 Å². The number of rotatable bonds is 1. The summed E-state index contributed by atoms with van der Waals surface area (Å²) in [7, 11) is 1.46. The number of carbonyl (C=O) groups excluding carboxylic acids is 1. The van der Waals surface area contributed by atoms with Crippen molar-refractivity contribution in [2.75, 3.05) is 7.11 Å². The molecule has 1 atom stereocenters. The lowest BCUT2D eigenvalue weighted by Crippen LogP contribution is -2.38. The predicted octanol–water partition coefficient (Wildman–Crippen LogP) is -0.872. The zero-order valence-electron chi connectivity index (χ0n) is 8.26. The van der Waals surface area contributed by atoms with Crippen molar-refractivity contribution >= 4 is 29.8 Å². The summed E-state index contributed by atoms with van der Waals surface area (Å²) in [6, 6.07) is 0.216. The Balaban J connectivity index is 2.41. The van der Waals surface area contributed by atoms with E-state index in [4.69, 9.17) is 10.5 Å². The number of amides is 1. The molecular weight excluding hydrogens is 198 g/mol. The van der Waals surface area contributed by atoms with Crippen molar-refractivity contribution in [2.24, 2.45) is 25.7 Å². The van der Waals surface area contributed by atoms with Crippen LogP contribution in [0.15, 0.2) is 20.0 Å². The summed E-state index contributed by atoms with van der Waals surface area (Å²) in [5, 5.41) is 0. The Bertz CT molecular complexity index is 448. The first-order valence-corrected chi connectivity index (χ1v) is 4.22. The molecule has 0 aliphatic carbocycles. The number of fused-ring (bicyclic) bond motifs is 1. The van der Waals surface area contributed by atoms with Gasteiger partial charge in [-0.25, -0.2) is 15.0 Å². The van der Waals surface area contributed by atoms with Gasteiger partial charge in [-0.1, -0.05) is 0 Å². The number of aliphatic imine (C=N–C) groups is 4. The molecule has 0 aromatic carbocycles. The number of primary amides is 1. The Kier molecular flexibility index (Phi) is 1.88. The highest BCUT2D eigenvalue weighted by molar-refractivity contribution is 6.43. The number of nitrogens with zero attached hydrogens (tertiary/aromatic N) is 4. The highest BCUT2D eigenvalue weighted by atomic mass is 16.5. The van der Waals surface area contributed by atoms with Gasteiger partial charge in [-0.05, 0) is 6.92 Å². The molecule has 0 bridgehead atoms. The minimum absolute atomic E-state index is 0.0706. The second kappa shape index (κ2) is 2.97. The first-order chi connectivity index (χ1) is 7.05. The quantitative estimate of drug-likeness (QED) is 0.604. The van der Waals surface area contributed by atoms with E-state index >= 15 is 0 Å². The molecule has 2 aliphatic heterocycles. The van der Waals surface area contributed by atoms with Gasteiger partial charge in [0.1, 0.15) is 0 Å². The van der Waals surface area contributed by atoms with Crippen LogP contribution < -0.4 is 5.73 Å². The lowest BCUT2D eigenvalue weighted by Gasteiger charge is -2.17. The third kappa shape index (κ3) is 1.41. The Hall–Kier alpha value is -2.05. The molecule has 0 spiro atoms. The minimum Gasteiger partial charge on any atom is -0.467 e. The highest BCUT2D eigenvalue weighted by Crippen LogP contribution is 2.21. The van der Waals surface area contributed by atoms with E-state index < -0.39 is 11.4 Å². The maximum atomic E-state index is 10.9. The number of methoxy groups -OCH3 is 1. The van der Waals surface area contributed by atoms with E-state index in [1.165, 1.54) is 13.3 Å². The summed E-state index contributed by atoms with van der Waals surface area (Å²) >= 11 is 0. The van der Waals surface area contributed by atoms with Crippen molar-refractivity contribution in [3.63, 3.8) is 0 Å². The van der Waals surface area contributed by atoms with Gasteiger partial charge in [0.2, 0.25) is 5.84 Å². The van der Waals surface area contributed by atoms with Gasteiger partial charge in [0.05, 0.1) is 7.11 Å². The molecule has 7 heteroatoms. The summed E-state index contributed by atoms with van der Waals surface area (Å²) in [4.78, 5) is 26.7. The predicted molar refractivity (Wildman–Crippen MR) is 55.4 cm³/mol. The topological polar surface area (TPSA) is 102 Å². The van der Waals surface area contributed by atoms with Gasteiger partial charge < -0.3 is 10.5 Å². The van der Waals surface area contributed by atoms with E-state index in [9.17, 15) is 4.79 Å². The van der Waals surface area contributed by atoms with Crippen LogP contribution in [-0.2, 0) is 9.53 Å². The number of amidine groups is 3. The molecule has 0 fully saturated rings. The fourth-order valence-corrected chi connectivity index (χ4v) is 1.23. The zero-order valence-corrected chi connectivity index (χ0v) is 8.26. The molecule has 0 radical (unpaired) electrons. The molecule has 1 amide bonds. The lowest BCUT2D eigenvalue weighted by atomic mass is 10.0. The van der Waals surface area contributed by atoms with Gasteiger partial charge in [-0.3, -0.25) is 4.79 Å². The SMILES string of the molecule is COC1=NC2(C)C=NC(C(N)=O)=NC2=N1. The van der Waals surface area contributed by atoms with Crippen LogP contribution in [0.1, 0.15) is 6.92 Å². The molecular formula is C8H9N5O2. The van der Waals surface area contributed by atoms with Crippen LogP contribution >= 0.6 is 0 Å². The van der Waals surface area contributed by atoms with Crippen LogP contribution in [0.2, 0.25) is 0 Å². The van der Waals surface area contributed by atoms with Gasteiger partial charge in [0.15, 0.2) is 11.4 Å². The summed E-state index contributed by atoms with van der Waals surface area (Å²) < 4.78 is 4.88. The van der Waals surface area contributed by atoms with Crippen LogP contribution in [-0.4, -0.2) is 42.5 Å². The molecule has 0 saturated heterocycles. The van der Waals surface area contributed by atoms with E-state index in [-0.39, 0.29) is 11.9 Å². The molecule has 2 rings (SSSR count). The molecule has 15 heavy (non-hydrogen) atoms. The van der Waals surface area contributed by atoms with Crippen molar-refractivity contribution < 1.29 is 9.53 Å². The fraction of sp³-hybridized carbons (Fsp3) is 0.375. The van der Waals surface area contributed by atoms with Gasteiger partial charge in [-0.15, -0.1) is 0 Å². The van der Waals surface area contributed by atoms with Gasteiger partial charge in [0.25, 0.3) is 5.91 Å². The molecule has 2 N–H and O–H groups in total. The van der Waals surface area contributed by atoms with Crippen LogP contribution in [0, 0.1) is 0 Å². The van der Waals surface area contributed by atoms with E-state index in [2.05, 4.69) is 20.0 Å².